The number of carbonyl (C=O) groups is 2. The van der Waals surface area contributed by atoms with Crippen LogP contribution in [0.4, 0.5) is 0 Å². The molecule has 144 valence electrons. The summed E-state index contributed by atoms with van der Waals surface area (Å²) < 4.78 is 17.8. The van der Waals surface area contributed by atoms with Gasteiger partial charge < -0.3 is 19.3 Å². The summed E-state index contributed by atoms with van der Waals surface area (Å²) in [6.45, 7) is 9.37. The number of rotatable bonds is 2. The number of fused-ring (bicyclic) bond motifs is 1. The first-order valence-electron chi connectivity index (χ1n) is 9.59. The van der Waals surface area contributed by atoms with Gasteiger partial charge in [-0.2, -0.15) is 0 Å². The summed E-state index contributed by atoms with van der Waals surface area (Å²) in [5.74, 6) is -2.10. The van der Waals surface area contributed by atoms with E-state index in [1.165, 1.54) is 0 Å². The lowest BCUT2D eigenvalue weighted by Crippen LogP contribution is -2.63. The average molecular weight is 364 g/mol. The van der Waals surface area contributed by atoms with E-state index in [9.17, 15) is 14.7 Å². The van der Waals surface area contributed by atoms with Crippen LogP contribution in [-0.4, -0.2) is 40.6 Å². The van der Waals surface area contributed by atoms with Crippen molar-refractivity contribution in [3.63, 3.8) is 0 Å². The second-order valence-electron chi connectivity index (χ2n) is 8.75. The van der Waals surface area contributed by atoms with Crippen molar-refractivity contribution in [1.29, 1.82) is 0 Å². The smallest absolute Gasteiger partial charge is 0.333 e. The van der Waals surface area contributed by atoms with E-state index in [0.717, 1.165) is 6.42 Å². The predicted octanol–water partition coefficient (Wildman–Crippen LogP) is 2.34. The normalized spacial score (nSPS) is 52.5. The Kier molecular flexibility index (Phi) is 3.68. The molecule has 6 heteroatoms. The molecule has 0 aromatic rings. The van der Waals surface area contributed by atoms with Gasteiger partial charge in [-0.25, -0.2) is 4.79 Å². The van der Waals surface area contributed by atoms with Crippen molar-refractivity contribution in [2.45, 2.75) is 77.5 Å². The highest BCUT2D eigenvalue weighted by molar-refractivity contribution is 5.88. The summed E-state index contributed by atoms with van der Waals surface area (Å²) >= 11 is 0. The zero-order valence-electron chi connectivity index (χ0n) is 16.1. The van der Waals surface area contributed by atoms with Crippen molar-refractivity contribution in [3.8, 4) is 0 Å². The maximum absolute atomic E-state index is 12.6. The molecule has 2 saturated carbocycles. The van der Waals surface area contributed by atoms with Crippen LogP contribution in [0.2, 0.25) is 0 Å². The van der Waals surface area contributed by atoms with Gasteiger partial charge in [-0.15, -0.1) is 0 Å². The molecule has 2 aliphatic carbocycles. The highest BCUT2D eigenvalue weighted by atomic mass is 16.8. The van der Waals surface area contributed by atoms with Crippen molar-refractivity contribution in [3.05, 3.63) is 11.6 Å². The summed E-state index contributed by atoms with van der Waals surface area (Å²) in [7, 11) is 0. The summed E-state index contributed by atoms with van der Waals surface area (Å²) in [5, 5.41) is 10.6. The molecule has 0 spiro atoms. The predicted molar refractivity (Wildman–Crippen MR) is 91.7 cm³/mol. The molecule has 6 nitrogen and oxygen atoms in total. The molecule has 26 heavy (non-hydrogen) atoms. The van der Waals surface area contributed by atoms with E-state index in [4.69, 9.17) is 14.2 Å². The number of aliphatic hydroxyl groups is 1. The summed E-state index contributed by atoms with van der Waals surface area (Å²) in [6, 6.07) is 0. The lowest BCUT2D eigenvalue weighted by molar-refractivity contribution is -0.192. The molecule has 4 rings (SSSR count). The molecule has 0 aromatic carbocycles. The molecule has 2 heterocycles. The van der Waals surface area contributed by atoms with Gasteiger partial charge in [0, 0.05) is 17.4 Å². The van der Waals surface area contributed by atoms with Crippen LogP contribution in [0.3, 0.4) is 0 Å². The fraction of sp³-hybridized carbons (Fsp3) is 0.800. The number of hydrogen-bond acceptors (Lipinski definition) is 6. The van der Waals surface area contributed by atoms with E-state index < -0.39 is 40.9 Å². The maximum atomic E-state index is 12.6. The highest BCUT2D eigenvalue weighted by Crippen LogP contribution is 2.74. The molecule has 4 aliphatic rings. The van der Waals surface area contributed by atoms with Crippen LogP contribution in [-0.2, 0) is 23.8 Å². The highest BCUT2D eigenvalue weighted by Gasteiger charge is 2.91. The van der Waals surface area contributed by atoms with Crippen LogP contribution in [0.1, 0.15) is 53.9 Å². The van der Waals surface area contributed by atoms with Crippen molar-refractivity contribution < 1.29 is 28.9 Å². The van der Waals surface area contributed by atoms with Crippen molar-refractivity contribution in [1.82, 2.24) is 0 Å². The number of carbonyl (C=O) groups excluding carboxylic acids is 2. The number of esters is 2. The summed E-state index contributed by atoms with van der Waals surface area (Å²) in [6.07, 6.45) is 2.71. The summed E-state index contributed by atoms with van der Waals surface area (Å²) in [5.41, 5.74) is -0.909. The third-order valence-electron chi connectivity index (χ3n) is 7.85. The van der Waals surface area contributed by atoms with E-state index in [1.54, 1.807) is 26.8 Å². The zero-order chi connectivity index (χ0) is 19.1. The lowest BCUT2D eigenvalue weighted by Gasteiger charge is -2.55. The Labute approximate surface area is 153 Å². The topological polar surface area (TPSA) is 85.4 Å². The monoisotopic (exact) mass is 364 g/mol. The van der Waals surface area contributed by atoms with Crippen LogP contribution in [0.25, 0.3) is 0 Å². The van der Waals surface area contributed by atoms with Crippen molar-refractivity contribution in [2.75, 3.05) is 0 Å². The third-order valence-corrected chi connectivity index (χ3v) is 7.85. The molecule has 0 amide bonds. The Morgan fingerprint density at radius 2 is 2.04 bits per heavy atom. The number of aliphatic hydroxyl groups excluding tert-OH is 1. The van der Waals surface area contributed by atoms with Gasteiger partial charge in [-0.3, -0.25) is 4.79 Å². The Hall–Kier alpha value is -1.40. The molecule has 0 bridgehead atoms. The molecule has 8 atom stereocenters. The Balaban J connectivity index is 1.81. The van der Waals surface area contributed by atoms with E-state index in [-0.39, 0.29) is 17.8 Å². The minimum atomic E-state index is -0.968. The first-order valence-corrected chi connectivity index (χ1v) is 9.59. The standard InChI is InChI=1S/C20H28O6/c1-6-10(2)15(22)24-17-18(5)11(3)14(21)8-7-13(18)9-19-20(17,26-19)12(4)16(23)25-19/h6,11-14,17,21H,7-9H2,1-5H3. The van der Waals surface area contributed by atoms with Crippen LogP contribution in [0.5, 0.6) is 0 Å². The molecular weight excluding hydrogens is 336 g/mol. The van der Waals surface area contributed by atoms with Gasteiger partial charge in [0.25, 0.3) is 0 Å². The minimum Gasteiger partial charge on any atom is -0.455 e. The minimum absolute atomic E-state index is 0.0792. The van der Waals surface area contributed by atoms with Crippen LogP contribution < -0.4 is 0 Å². The van der Waals surface area contributed by atoms with Gasteiger partial charge >= 0.3 is 11.9 Å². The Morgan fingerprint density at radius 3 is 2.69 bits per heavy atom. The Bertz CT molecular complexity index is 700. The van der Waals surface area contributed by atoms with Crippen LogP contribution in [0, 0.1) is 23.2 Å². The second kappa shape index (κ2) is 5.32. The molecular formula is C20H28O6. The molecule has 2 saturated heterocycles. The molecule has 2 aliphatic heterocycles. The van der Waals surface area contributed by atoms with E-state index in [1.807, 2.05) is 6.92 Å². The van der Waals surface area contributed by atoms with Crippen molar-refractivity contribution >= 4 is 11.9 Å². The van der Waals surface area contributed by atoms with Gasteiger partial charge in [0.2, 0.25) is 5.79 Å². The fourth-order valence-corrected chi connectivity index (χ4v) is 5.73. The first-order chi connectivity index (χ1) is 12.1. The van der Waals surface area contributed by atoms with E-state index in [2.05, 4.69) is 6.92 Å². The van der Waals surface area contributed by atoms with Gasteiger partial charge in [-0.1, -0.05) is 19.9 Å². The van der Waals surface area contributed by atoms with E-state index in [0.29, 0.717) is 18.4 Å². The second-order valence-corrected chi connectivity index (χ2v) is 8.75. The molecule has 1 N–H and O–H groups in total. The SMILES string of the molecule is CC=C(C)C(=O)OC1C2(C)C(CCC(O)C2C)CC23OC(=O)C(C)C12O3. The maximum Gasteiger partial charge on any atom is 0.333 e. The number of ether oxygens (including phenoxy) is 3. The quantitative estimate of drug-likeness (QED) is 0.460. The van der Waals surface area contributed by atoms with Crippen LogP contribution >= 0.6 is 0 Å². The van der Waals surface area contributed by atoms with Crippen LogP contribution in [0.15, 0.2) is 11.6 Å². The summed E-state index contributed by atoms with van der Waals surface area (Å²) in [4.78, 5) is 25.0. The molecule has 0 aromatic heterocycles. The zero-order valence-corrected chi connectivity index (χ0v) is 16.1. The first kappa shape index (κ1) is 18.0. The largest absolute Gasteiger partial charge is 0.455 e. The van der Waals surface area contributed by atoms with Gasteiger partial charge in [-0.05, 0) is 45.4 Å². The molecule has 0 radical (unpaired) electrons. The third kappa shape index (κ3) is 1.89. The Morgan fingerprint density at radius 1 is 1.35 bits per heavy atom. The molecule has 8 unspecified atom stereocenters. The number of hydrogen-bond donors (Lipinski definition) is 1. The van der Waals surface area contributed by atoms with Crippen molar-refractivity contribution in [2.24, 2.45) is 23.2 Å². The van der Waals surface area contributed by atoms with E-state index >= 15 is 0 Å². The number of epoxide rings is 1. The van der Waals surface area contributed by atoms with Gasteiger partial charge in [0.05, 0.1) is 12.0 Å². The average Bonchev–Trinajstić information content (AvgIpc) is 3.21. The lowest BCUT2D eigenvalue weighted by atomic mass is 9.50. The van der Waals surface area contributed by atoms with Gasteiger partial charge in [0.1, 0.15) is 6.10 Å². The number of allylic oxidation sites excluding steroid dienone is 1. The van der Waals surface area contributed by atoms with Gasteiger partial charge in [0.15, 0.2) is 5.60 Å². The molecule has 4 fully saturated rings. The fourth-order valence-electron chi connectivity index (χ4n) is 5.73.